The molecule has 0 spiro atoms. The minimum atomic E-state index is -0.290. The Bertz CT molecular complexity index is 472. The average molecular weight is 218 g/mol. The van der Waals surface area contributed by atoms with E-state index < -0.39 is 0 Å². The van der Waals surface area contributed by atoms with Gasteiger partial charge in [-0.05, 0) is 11.6 Å². The highest BCUT2D eigenvalue weighted by atomic mass is 16.5. The Balaban J connectivity index is 2.71. The van der Waals surface area contributed by atoms with Gasteiger partial charge in [0.2, 0.25) is 0 Å². The molecular weight excluding hydrogens is 204 g/mol. The van der Waals surface area contributed by atoms with Gasteiger partial charge in [0.1, 0.15) is 11.5 Å². The fraction of sp³-hybridized carbons (Fsp3) is 0.308. The lowest BCUT2D eigenvalue weighted by Gasteiger charge is -2.32. The lowest BCUT2D eigenvalue weighted by molar-refractivity contribution is -0.136. The van der Waals surface area contributed by atoms with E-state index in [4.69, 9.17) is 4.74 Å². The number of hydrogen-bond donors (Lipinski definition) is 1. The van der Waals surface area contributed by atoms with E-state index in [1.807, 2.05) is 13.8 Å². The highest BCUT2D eigenvalue weighted by molar-refractivity contribution is 5.79. The van der Waals surface area contributed by atoms with E-state index in [1.165, 1.54) is 6.07 Å². The van der Waals surface area contributed by atoms with Gasteiger partial charge in [0, 0.05) is 17.0 Å². The largest absolute Gasteiger partial charge is 0.508 e. The molecule has 1 aromatic carbocycles. The summed E-state index contributed by atoms with van der Waals surface area (Å²) < 4.78 is 5.14. The predicted octanol–water partition coefficient (Wildman–Crippen LogP) is 2.62. The number of fused-ring (bicyclic) bond motifs is 1. The molecule has 0 atom stereocenters. The molecule has 1 aromatic rings. The molecule has 1 aliphatic heterocycles. The second kappa shape index (κ2) is 3.37. The number of esters is 1. The van der Waals surface area contributed by atoms with Crippen molar-refractivity contribution in [3.8, 4) is 11.5 Å². The molecule has 0 fully saturated rings. The maximum atomic E-state index is 11.4. The van der Waals surface area contributed by atoms with Gasteiger partial charge in [0.25, 0.3) is 0 Å². The number of rotatable bonds is 1. The first kappa shape index (κ1) is 10.7. The van der Waals surface area contributed by atoms with Crippen LogP contribution in [-0.4, -0.2) is 11.1 Å². The molecule has 84 valence electrons. The third-order valence-electron chi connectivity index (χ3n) is 2.82. The normalized spacial score (nSPS) is 17.5. The van der Waals surface area contributed by atoms with Crippen LogP contribution in [0.15, 0.2) is 18.7 Å². The van der Waals surface area contributed by atoms with Crippen LogP contribution in [-0.2, 0) is 10.2 Å². The van der Waals surface area contributed by atoms with Crippen molar-refractivity contribution in [2.45, 2.75) is 25.7 Å². The van der Waals surface area contributed by atoms with Gasteiger partial charge in [-0.2, -0.15) is 0 Å². The second-order valence-corrected chi connectivity index (χ2v) is 4.65. The Morgan fingerprint density at radius 2 is 2.19 bits per heavy atom. The number of phenols is 1. The van der Waals surface area contributed by atoms with Crippen molar-refractivity contribution in [3.63, 3.8) is 0 Å². The van der Waals surface area contributed by atoms with Crippen molar-refractivity contribution < 1.29 is 14.6 Å². The molecule has 0 saturated carbocycles. The average Bonchev–Trinajstić information content (AvgIpc) is 2.13. The van der Waals surface area contributed by atoms with Crippen molar-refractivity contribution in [2.24, 2.45) is 0 Å². The van der Waals surface area contributed by atoms with Crippen LogP contribution in [0.1, 0.15) is 31.4 Å². The number of ether oxygens (including phenoxy) is 1. The van der Waals surface area contributed by atoms with Gasteiger partial charge in [-0.1, -0.05) is 26.5 Å². The van der Waals surface area contributed by atoms with E-state index in [9.17, 15) is 9.90 Å². The third kappa shape index (κ3) is 1.58. The van der Waals surface area contributed by atoms with Gasteiger partial charge in [0.05, 0.1) is 6.42 Å². The highest BCUT2D eigenvalue weighted by Crippen LogP contribution is 2.43. The van der Waals surface area contributed by atoms with Crippen LogP contribution in [0, 0.1) is 0 Å². The minimum absolute atomic E-state index is 0.0825. The molecule has 3 nitrogen and oxygen atoms in total. The SMILES string of the molecule is C=Cc1cc(O)cc2c1C(C)(C)CC(=O)O2. The number of carbonyl (C=O) groups excluding carboxylic acids is 1. The van der Waals surface area contributed by atoms with E-state index in [0.717, 1.165) is 11.1 Å². The molecule has 0 radical (unpaired) electrons. The minimum Gasteiger partial charge on any atom is -0.508 e. The monoisotopic (exact) mass is 218 g/mol. The Kier molecular flexibility index (Phi) is 2.26. The molecule has 1 N–H and O–H groups in total. The van der Waals surface area contributed by atoms with Crippen LogP contribution in [0.4, 0.5) is 0 Å². The van der Waals surface area contributed by atoms with E-state index in [1.54, 1.807) is 12.1 Å². The lowest BCUT2D eigenvalue weighted by atomic mass is 9.77. The molecule has 3 heteroatoms. The smallest absolute Gasteiger partial charge is 0.312 e. The van der Waals surface area contributed by atoms with Crippen LogP contribution >= 0.6 is 0 Å². The Hall–Kier alpha value is -1.77. The molecule has 0 bridgehead atoms. The quantitative estimate of drug-likeness (QED) is 0.582. The first-order valence-electron chi connectivity index (χ1n) is 5.14. The molecule has 0 aliphatic carbocycles. The summed E-state index contributed by atoms with van der Waals surface area (Å²) >= 11 is 0. The fourth-order valence-electron chi connectivity index (χ4n) is 2.20. The summed E-state index contributed by atoms with van der Waals surface area (Å²) in [6.07, 6.45) is 2.01. The number of carbonyl (C=O) groups is 1. The van der Waals surface area contributed by atoms with Gasteiger partial charge in [0.15, 0.2) is 0 Å². The second-order valence-electron chi connectivity index (χ2n) is 4.65. The lowest BCUT2D eigenvalue weighted by Crippen LogP contribution is -2.31. The zero-order valence-electron chi connectivity index (χ0n) is 9.41. The Morgan fingerprint density at radius 3 is 2.81 bits per heavy atom. The fourth-order valence-corrected chi connectivity index (χ4v) is 2.20. The zero-order valence-corrected chi connectivity index (χ0v) is 9.41. The van der Waals surface area contributed by atoms with Gasteiger partial charge in [-0.3, -0.25) is 4.79 Å². The summed E-state index contributed by atoms with van der Waals surface area (Å²) in [7, 11) is 0. The first-order valence-corrected chi connectivity index (χ1v) is 5.14. The van der Waals surface area contributed by atoms with Crippen LogP contribution in [0.5, 0.6) is 11.5 Å². The molecule has 0 unspecified atom stereocenters. The van der Waals surface area contributed by atoms with Crippen LogP contribution < -0.4 is 4.74 Å². The van der Waals surface area contributed by atoms with Crippen molar-refractivity contribution in [3.05, 3.63) is 29.8 Å². The maximum absolute atomic E-state index is 11.4. The number of benzene rings is 1. The standard InChI is InChI=1S/C13H14O3/c1-4-8-5-9(14)6-10-12(8)13(2,3)7-11(15)16-10/h4-6,14H,1,7H2,2-3H3. The molecule has 1 heterocycles. The molecule has 16 heavy (non-hydrogen) atoms. The maximum Gasteiger partial charge on any atom is 0.312 e. The van der Waals surface area contributed by atoms with Crippen molar-refractivity contribution in [1.29, 1.82) is 0 Å². The van der Waals surface area contributed by atoms with Crippen molar-refractivity contribution >= 4 is 12.0 Å². The third-order valence-corrected chi connectivity index (χ3v) is 2.82. The summed E-state index contributed by atoms with van der Waals surface area (Å²) in [6.45, 7) is 7.68. The summed E-state index contributed by atoms with van der Waals surface area (Å²) in [5.41, 5.74) is 1.45. The van der Waals surface area contributed by atoms with Crippen LogP contribution in [0.25, 0.3) is 6.08 Å². The molecule has 0 saturated heterocycles. The number of hydrogen-bond acceptors (Lipinski definition) is 3. The van der Waals surface area contributed by atoms with Gasteiger partial charge in [-0.15, -0.1) is 0 Å². The topological polar surface area (TPSA) is 46.5 Å². The van der Waals surface area contributed by atoms with Gasteiger partial charge < -0.3 is 9.84 Å². The van der Waals surface area contributed by atoms with E-state index in [-0.39, 0.29) is 17.1 Å². The van der Waals surface area contributed by atoms with E-state index in [0.29, 0.717) is 12.2 Å². The zero-order chi connectivity index (χ0) is 11.9. The van der Waals surface area contributed by atoms with Crippen molar-refractivity contribution in [2.75, 3.05) is 0 Å². The van der Waals surface area contributed by atoms with E-state index >= 15 is 0 Å². The summed E-state index contributed by atoms with van der Waals surface area (Å²) in [4.78, 5) is 11.4. The molecule has 0 amide bonds. The molecule has 1 aliphatic rings. The predicted molar refractivity (Wildman–Crippen MR) is 61.5 cm³/mol. The molecular formula is C13H14O3. The summed E-state index contributed by atoms with van der Waals surface area (Å²) in [5, 5.41) is 9.52. The van der Waals surface area contributed by atoms with Crippen molar-refractivity contribution in [1.82, 2.24) is 0 Å². The summed E-state index contributed by atoms with van der Waals surface area (Å²) in [6, 6.07) is 3.11. The molecule has 2 rings (SSSR count). The highest BCUT2D eigenvalue weighted by Gasteiger charge is 2.35. The van der Waals surface area contributed by atoms with Gasteiger partial charge in [-0.25, -0.2) is 0 Å². The summed E-state index contributed by atoms with van der Waals surface area (Å²) in [5.74, 6) is 0.258. The first-order chi connectivity index (χ1) is 7.44. The van der Waals surface area contributed by atoms with Crippen LogP contribution in [0.3, 0.4) is 0 Å². The Morgan fingerprint density at radius 1 is 1.50 bits per heavy atom. The van der Waals surface area contributed by atoms with Crippen LogP contribution in [0.2, 0.25) is 0 Å². The number of aromatic hydroxyl groups is 1. The van der Waals surface area contributed by atoms with E-state index in [2.05, 4.69) is 6.58 Å². The van der Waals surface area contributed by atoms with Gasteiger partial charge >= 0.3 is 5.97 Å². The number of phenolic OH excluding ortho intramolecular Hbond substituents is 1. The Labute approximate surface area is 94.4 Å². The molecule has 0 aromatic heterocycles.